The van der Waals surface area contributed by atoms with Crippen LogP contribution in [0.3, 0.4) is 0 Å². The van der Waals surface area contributed by atoms with Crippen molar-refractivity contribution < 1.29 is 14.3 Å². The molecule has 3 rings (SSSR count). The molecule has 0 atom stereocenters. The molecule has 0 bridgehead atoms. The van der Waals surface area contributed by atoms with Gasteiger partial charge >= 0.3 is 0 Å². The molecule has 0 fully saturated rings. The monoisotopic (exact) mass is 468 g/mol. The highest BCUT2D eigenvalue weighted by molar-refractivity contribution is 9.10. The van der Waals surface area contributed by atoms with Crippen LogP contribution in [-0.4, -0.2) is 19.6 Å². The first-order valence-electron chi connectivity index (χ1n) is 9.61. The molecule has 3 aromatic rings. The van der Waals surface area contributed by atoms with E-state index in [1.54, 1.807) is 7.11 Å². The Kier molecular flexibility index (Phi) is 7.36. The van der Waals surface area contributed by atoms with Crippen LogP contribution in [-0.2, 0) is 11.3 Å². The Hall–Kier alpha value is -2.99. The minimum Gasteiger partial charge on any atom is -0.493 e. The van der Waals surface area contributed by atoms with Gasteiger partial charge < -0.3 is 20.1 Å². The number of para-hydroxylation sites is 1. The number of ether oxygens (including phenoxy) is 2. The normalized spacial score (nSPS) is 10.4. The number of benzene rings is 3. The maximum Gasteiger partial charge on any atom is 0.262 e. The zero-order chi connectivity index (χ0) is 21.5. The molecular formula is C24H25BrN2O3. The Morgan fingerprint density at radius 1 is 1.03 bits per heavy atom. The first-order valence-corrected chi connectivity index (χ1v) is 10.4. The number of carbonyl (C=O) groups excluding carboxylic acids is 1. The van der Waals surface area contributed by atoms with Crippen molar-refractivity contribution in [2.45, 2.75) is 20.4 Å². The Morgan fingerprint density at radius 2 is 1.80 bits per heavy atom. The van der Waals surface area contributed by atoms with Crippen LogP contribution in [0, 0.1) is 13.8 Å². The largest absolute Gasteiger partial charge is 0.493 e. The molecule has 0 aromatic heterocycles. The zero-order valence-electron chi connectivity index (χ0n) is 17.3. The van der Waals surface area contributed by atoms with Crippen LogP contribution < -0.4 is 20.1 Å². The zero-order valence-corrected chi connectivity index (χ0v) is 18.9. The number of rotatable bonds is 8. The summed E-state index contributed by atoms with van der Waals surface area (Å²) in [7, 11) is 1.58. The van der Waals surface area contributed by atoms with Gasteiger partial charge in [0.2, 0.25) is 0 Å². The molecule has 0 aliphatic carbocycles. The third-order valence-corrected chi connectivity index (χ3v) is 5.16. The van der Waals surface area contributed by atoms with E-state index in [4.69, 9.17) is 9.47 Å². The summed E-state index contributed by atoms with van der Waals surface area (Å²) < 4.78 is 12.0. The number of hydrogen-bond acceptors (Lipinski definition) is 4. The summed E-state index contributed by atoms with van der Waals surface area (Å²) >= 11 is 3.54. The van der Waals surface area contributed by atoms with Gasteiger partial charge in [0.15, 0.2) is 18.1 Å². The van der Waals surface area contributed by atoms with Crippen molar-refractivity contribution in [2.75, 3.05) is 24.4 Å². The second-order valence-corrected chi connectivity index (χ2v) is 7.84. The predicted octanol–water partition coefficient (Wildman–Crippen LogP) is 5.70. The number of carbonyl (C=O) groups is 1. The van der Waals surface area contributed by atoms with Crippen LogP contribution in [0.1, 0.15) is 16.7 Å². The van der Waals surface area contributed by atoms with Crippen molar-refractivity contribution in [3.05, 3.63) is 81.8 Å². The maximum absolute atomic E-state index is 12.2. The third kappa shape index (κ3) is 5.76. The van der Waals surface area contributed by atoms with E-state index in [0.29, 0.717) is 18.0 Å². The maximum atomic E-state index is 12.2. The molecule has 2 N–H and O–H groups in total. The highest BCUT2D eigenvalue weighted by atomic mass is 79.9. The molecule has 0 saturated heterocycles. The molecule has 5 nitrogen and oxygen atoms in total. The molecule has 0 aliphatic rings. The van der Waals surface area contributed by atoms with Gasteiger partial charge in [0.1, 0.15) is 0 Å². The number of halogens is 1. The smallest absolute Gasteiger partial charge is 0.262 e. The van der Waals surface area contributed by atoms with Crippen molar-refractivity contribution in [3.8, 4) is 11.5 Å². The van der Waals surface area contributed by atoms with Gasteiger partial charge in [-0.3, -0.25) is 4.79 Å². The van der Waals surface area contributed by atoms with Crippen molar-refractivity contribution in [1.29, 1.82) is 0 Å². The first-order chi connectivity index (χ1) is 14.5. The van der Waals surface area contributed by atoms with Crippen LogP contribution in [0.25, 0.3) is 0 Å². The Morgan fingerprint density at radius 3 is 2.53 bits per heavy atom. The van der Waals surface area contributed by atoms with Gasteiger partial charge in [0.25, 0.3) is 5.91 Å². The lowest BCUT2D eigenvalue weighted by Gasteiger charge is -2.16. The summed E-state index contributed by atoms with van der Waals surface area (Å²) in [5.41, 5.74) is 5.25. The fourth-order valence-corrected chi connectivity index (χ4v) is 3.60. The van der Waals surface area contributed by atoms with Gasteiger partial charge in [-0.2, -0.15) is 0 Å². The van der Waals surface area contributed by atoms with Crippen LogP contribution in [0.5, 0.6) is 11.5 Å². The average molecular weight is 469 g/mol. The van der Waals surface area contributed by atoms with Gasteiger partial charge in [0, 0.05) is 17.9 Å². The van der Waals surface area contributed by atoms with E-state index in [2.05, 4.69) is 58.6 Å². The Labute approximate surface area is 185 Å². The topological polar surface area (TPSA) is 59.6 Å². The fraction of sp³-hybridized carbons (Fsp3) is 0.208. The van der Waals surface area contributed by atoms with Crippen LogP contribution in [0.4, 0.5) is 11.4 Å². The number of hydrogen-bond donors (Lipinski definition) is 2. The molecule has 1 amide bonds. The van der Waals surface area contributed by atoms with Crippen molar-refractivity contribution in [1.82, 2.24) is 0 Å². The van der Waals surface area contributed by atoms with E-state index in [0.717, 1.165) is 21.4 Å². The molecule has 156 valence electrons. The number of nitrogens with one attached hydrogen (secondary N) is 2. The molecule has 0 saturated carbocycles. The standard InChI is InChI=1S/C24H25BrN2O3/c1-16-9-10-17(2)21(11-16)26-14-18-12-20(25)24(22(13-18)29-3)30-15-23(28)27-19-7-5-4-6-8-19/h4-13,26H,14-15H2,1-3H3,(H,27,28). The fourth-order valence-electron chi connectivity index (χ4n) is 3.00. The van der Waals surface area contributed by atoms with Gasteiger partial charge in [0.05, 0.1) is 11.6 Å². The highest BCUT2D eigenvalue weighted by Gasteiger charge is 2.14. The second-order valence-electron chi connectivity index (χ2n) is 6.98. The van der Waals surface area contributed by atoms with Crippen molar-refractivity contribution >= 4 is 33.2 Å². The van der Waals surface area contributed by atoms with E-state index in [1.807, 2.05) is 42.5 Å². The summed E-state index contributed by atoms with van der Waals surface area (Å²) in [6, 6.07) is 19.5. The summed E-state index contributed by atoms with van der Waals surface area (Å²) in [5, 5.41) is 6.26. The summed E-state index contributed by atoms with van der Waals surface area (Å²) in [5.74, 6) is 0.821. The number of anilines is 2. The van der Waals surface area contributed by atoms with Gasteiger partial charge in [-0.05, 0) is 76.8 Å². The van der Waals surface area contributed by atoms with E-state index in [-0.39, 0.29) is 12.5 Å². The number of aryl methyl sites for hydroxylation is 2. The van der Waals surface area contributed by atoms with Gasteiger partial charge in [-0.25, -0.2) is 0 Å². The van der Waals surface area contributed by atoms with E-state index in [1.165, 1.54) is 11.1 Å². The number of amides is 1. The van der Waals surface area contributed by atoms with E-state index in [9.17, 15) is 4.79 Å². The molecule has 0 heterocycles. The quantitative estimate of drug-likeness (QED) is 0.444. The molecule has 3 aromatic carbocycles. The van der Waals surface area contributed by atoms with Crippen LogP contribution in [0.15, 0.2) is 65.1 Å². The average Bonchev–Trinajstić information content (AvgIpc) is 2.74. The van der Waals surface area contributed by atoms with Gasteiger partial charge in [-0.15, -0.1) is 0 Å². The van der Waals surface area contributed by atoms with E-state index < -0.39 is 0 Å². The summed E-state index contributed by atoms with van der Waals surface area (Å²) in [4.78, 5) is 12.2. The van der Waals surface area contributed by atoms with Gasteiger partial charge in [-0.1, -0.05) is 30.3 Å². The summed E-state index contributed by atoms with van der Waals surface area (Å²) in [6.07, 6.45) is 0. The number of methoxy groups -OCH3 is 1. The summed E-state index contributed by atoms with van der Waals surface area (Å²) in [6.45, 7) is 4.66. The lowest BCUT2D eigenvalue weighted by Crippen LogP contribution is -2.20. The minimum atomic E-state index is -0.240. The lowest BCUT2D eigenvalue weighted by molar-refractivity contribution is -0.118. The molecule has 0 aliphatic heterocycles. The molecular weight excluding hydrogens is 444 g/mol. The van der Waals surface area contributed by atoms with Crippen molar-refractivity contribution in [3.63, 3.8) is 0 Å². The minimum absolute atomic E-state index is 0.121. The van der Waals surface area contributed by atoms with E-state index >= 15 is 0 Å². The SMILES string of the molecule is COc1cc(CNc2cc(C)ccc2C)cc(Br)c1OCC(=O)Nc1ccccc1. The van der Waals surface area contributed by atoms with Crippen molar-refractivity contribution in [2.24, 2.45) is 0 Å². The lowest BCUT2D eigenvalue weighted by atomic mass is 10.1. The molecule has 0 unspecified atom stereocenters. The highest BCUT2D eigenvalue weighted by Crippen LogP contribution is 2.37. The van der Waals surface area contributed by atoms with Crippen LogP contribution in [0.2, 0.25) is 0 Å². The molecule has 0 spiro atoms. The van der Waals surface area contributed by atoms with Crippen LogP contribution >= 0.6 is 15.9 Å². The third-order valence-electron chi connectivity index (χ3n) is 4.57. The Bertz CT molecular complexity index is 1020. The second kappa shape index (κ2) is 10.2. The molecule has 0 radical (unpaired) electrons. The first kappa shape index (κ1) is 21.7. The Balaban J connectivity index is 1.66. The predicted molar refractivity (Wildman–Crippen MR) is 125 cm³/mol. The molecule has 30 heavy (non-hydrogen) atoms. The molecule has 6 heteroatoms.